The van der Waals surface area contributed by atoms with E-state index in [-0.39, 0.29) is 12.1 Å². The quantitative estimate of drug-likeness (QED) is 0.899. The topological polar surface area (TPSA) is 23.5 Å². The average molecular weight is 287 g/mol. The minimum atomic E-state index is 0.117. The molecule has 0 aliphatic heterocycles. The van der Waals surface area contributed by atoms with Gasteiger partial charge in [0.25, 0.3) is 0 Å². The molecule has 1 fully saturated rings. The van der Waals surface area contributed by atoms with Gasteiger partial charge in [-0.1, -0.05) is 42.3 Å². The molecule has 2 heteroatoms. The first-order valence-corrected chi connectivity index (χ1v) is 8.05. The summed E-state index contributed by atoms with van der Waals surface area (Å²) in [7, 11) is 2.25. The van der Waals surface area contributed by atoms with Crippen molar-refractivity contribution in [3.63, 3.8) is 0 Å². The Bertz CT molecular complexity index is 481. The summed E-state index contributed by atoms with van der Waals surface area (Å²) >= 11 is 0. The zero-order valence-corrected chi connectivity index (χ0v) is 13.9. The third kappa shape index (κ3) is 4.18. The zero-order valence-electron chi connectivity index (χ0n) is 13.9. The highest BCUT2D eigenvalue weighted by molar-refractivity contribution is 5.55. The van der Waals surface area contributed by atoms with Crippen molar-refractivity contribution >= 4 is 6.08 Å². The summed E-state index contributed by atoms with van der Waals surface area (Å²) in [6.07, 6.45) is 7.44. The fourth-order valence-electron chi connectivity index (χ4n) is 3.03. The van der Waals surface area contributed by atoms with Gasteiger partial charge in [-0.05, 0) is 58.2 Å². The molecule has 1 aliphatic rings. The molecule has 1 N–H and O–H groups in total. The van der Waals surface area contributed by atoms with Gasteiger partial charge >= 0.3 is 0 Å². The first-order valence-electron chi connectivity index (χ1n) is 8.05. The summed E-state index contributed by atoms with van der Waals surface area (Å²) in [6.45, 7) is 6.98. The fourth-order valence-corrected chi connectivity index (χ4v) is 3.03. The van der Waals surface area contributed by atoms with Crippen LogP contribution in [0.15, 0.2) is 29.8 Å². The van der Waals surface area contributed by atoms with E-state index < -0.39 is 0 Å². The van der Waals surface area contributed by atoms with Crippen LogP contribution >= 0.6 is 0 Å². The van der Waals surface area contributed by atoms with E-state index in [4.69, 9.17) is 5.11 Å². The van der Waals surface area contributed by atoms with Crippen LogP contribution in [0, 0.1) is 0 Å². The predicted octanol–water partition coefficient (Wildman–Crippen LogP) is 4.24. The number of rotatable bonds is 3. The van der Waals surface area contributed by atoms with Gasteiger partial charge in [0.05, 0.1) is 6.61 Å². The number of hydrogen-bond acceptors (Lipinski definition) is 2. The van der Waals surface area contributed by atoms with Gasteiger partial charge in [0, 0.05) is 11.6 Å². The maximum Gasteiger partial charge on any atom is 0.0681 e. The fraction of sp³-hybridized carbons (Fsp3) is 0.579. The highest BCUT2D eigenvalue weighted by Crippen LogP contribution is 2.32. The number of likely N-dealkylation sites (N-methyl/N-ethyl adjacent to an activating group) is 1. The molecule has 1 saturated carbocycles. The molecule has 116 valence electrons. The van der Waals surface area contributed by atoms with E-state index in [0.29, 0.717) is 6.04 Å². The molecule has 21 heavy (non-hydrogen) atoms. The molecule has 0 aromatic heterocycles. The normalized spacial score (nSPS) is 22.0. The molecule has 0 spiro atoms. The van der Waals surface area contributed by atoms with Crippen molar-refractivity contribution in [2.24, 2.45) is 0 Å². The molecule has 0 radical (unpaired) electrons. The summed E-state index contributed by atoms with van der Waals surface area (Å²) in [5.41, 5.74) is 3.97. The molecule has 1 aromatic carbocycles. The molecule has 1 aliphatic carbocycles. The predicted molar refractivity (Wildman–Crippen MR) is 90.1 cm³/mol. The lowest BCUT2D eigenvalue weighted by molar-refractivity contribution is 0.120. The largest absolute Gasteiger partial charge is 0.392 e. The SMILES string of the molecule is CN(C1CCCCC1=Cc1ccc(CO)cc1)C(C)(C)C. The number of hydrogen-bond donors (Lipinski definition) is 1. The second-order valence-corrected chi connectivity index (χ2v) is 7.16. The van der Waals surface area contributed by atoms with Crippen LogP contribution in [-0.4, -0.2) is 28.6 Å². The lowest BCUT2D eigenvalue weighted by Gasteiger charge is -2.42. The second kappa shape index (κ2) is 6.76. The van der Waals surface area contributed by atoms with Crippen molar-refractivity contribution in [1.29, 1.82) is 0 Å². The summed E-state index contributed by atoms with van der Waals surface area (Å²) in [5, 5.41) is 9.13. The average Bonchev–Trinajstić information content (AvgIpc) is 2.47. The van der Waals surface area contributed by atoms with Gasteiger partial charge < -0.3 is 5.11 Å². The van der Waals surface area contributed by atoms with Crippen molar-refractivity contribution in [1.82, 2.24) is 4.90 Å². The number of nitrogens with zero attached hydrogens (tertiary/aromatic N) is 1. The first kappa shape index (κ1) is 16.3. The smallest absolute Gasteiger partial charge is 0.0681 e. The van der Waals surface area contributed by atoms with Crippen molar-refractivity contribution in [2.45, 2.75) is 64.6 Å². The van der Waals surface area contributed by atoms with E-state index in [1.54, 1.807) is 5.57 Å². The van der Waals surface area contributed by atoms with E-state index in [2.05, 4.69) is 50.9 Å². The summed E-state index contributed by atoms with van der Waals surface area (Å²) < 4.78 is 0. The molecular weight excluding hydrogens is 258 g/mol. The van der Waals surface area contributed by atoms with Gasteiger partial charge in [-0.3, -0.25) is 4.90 Å². The van der Waals surface area contributed by atoms with Gasteiger partial charge in [-0.2, -0.15) is 0 Å². The van der Waals surface area contributed by atoms with Crippen LogP contribution in [0.1, 0.15) is 57.6 Å². The Morgan fingerprint density at radius 2 is 1.86 bits per heavy atom. The standard InChI is InChI=1S/C19H29NO/c1-19(2,3)20(4)18-8-6-5-7-17(18)13-15-9-11-16(14-21)12-10-15/h9-13,18,21H,5-8,14H2,1-4H3. The second-order valence-electron chi connectivity index (χ2n) is 7.16. The van der Waals surface area contributed by atoms with Gasteiger partial charge in [0.15, 0.2) is 0 Å². The number of aliphatic hydroxyl groups is 1. The van der Waals surface area contributed by atoms with E-state index in [0.717, 1.165) is 5.56 Å². The first-order chi connectivity index (χ1) is 9.91. The van der Waals surface area contributed by atoms with Crippen LogP contribution < -0.4 is 0 Å². The maximum absolute atomic E-state index is 9.13. The van der Waals surface area contributed by atoms with E-state index in [9.17, 15) is 0 Å². The Hall–Kier alpha value is -1.12. The van der Waals surface area contributed by atoms with E-state index in [1.165, 1.54) is 31.2 Å². The van der Waals surface area contributed by atoms with Crippen LogP contribution in [0.5, 0.6) is 0 Å². The van der Waals surface area contributed by atoms with Crippen LogP contribution in [0.25, 0.3) is 6.08 Å². The number of benzene rings is 1. The monoisotopic (exact) mass is 287 g/mol. The summed E-state index contributed by atoms with van der Waals surface area (Å²) in [4.78, 5) is 2.51. The van der Waals surface area contributed by atoms with Crippen LogP contribution in [0.3, 0.4) is 0 Å². The molecule has 0 bridgehead atoms. The third-order valence-corrected chi connectivity index (χ3v) is 4.66. The van der Waals surface area contributed by atoms with Crippen molar-refractivity contribution in [3.05, 3.63) is 41.0 Å². The molecule has 0 saturated heterocycles. The van der Waals surface area contributed by atoms with Crippen molar-refractivity contribution in [2.75, 3.05) is 7.05 Å². The lowest BCUT2D eigenvalue weighted by atomic mass is 9.85. The Kier molecular flexibility index (Phi) is 5.23. The van der Waals surface area contributed by atoms with Crippen molar-refractivity contribution < 1.29 is 5.11 Å². The van der Waals surface area contributed by atoms with Gasteiger partial charge in [0.1, 0.15) is 0 Å². The highest BCUT2D eigenvalue weighted by Gasteiger charge is 2.29. The molecule has 0 amide bonds. The number of aliphatic hydroxyl groups excluding tert-OH is 1. The Morgan fingerprint density at radius 1 is 1.19 bits per heavy atom. The molecule has 2 nitrogen and oxygen atoms in total. The molecule has 2 rings (SSSR count). The Labute approximate surface area is 129 Å². The van der Waals surface area contributed by atoms with Crippen LogP contribution in [-0.2, 0) is 6.61 Å². The molecule has 1 aromatic rings. The summed E-state index contributed by atoms with van der Waals surface area (Å²) in [6, 6.07) is 8.80. The van der Waals surface area contributed by atoms with Crippen LogP contribution in [0.2, 0.25) is 0 Å². The van der Waals surface area contributed by atoms with Crippen molar-refractivity contribution in [3.8, 4) is 0 Å². The van der Waals surface area contributed by atoms with Gasteiger partial charge in [0.2, 0.25) is 0 Å². The zero-order chi connectivity index (χ0) is 15.5. The molecular formula is C19H29NO. The van der Waals surface area contributed by atoms with Gasteiger partial charge in [-0.25, -0.2) is 0 Å². The Balaban J connectivity index is 2.22. The minimum absolute atomic E-state index is 0.117. The third-order valence-electron chi connectivity index (χ3n) is 4.66. The highest BCUT2D eigenvalue weighted by atomic mass is 16.3. The van der Waals surface area contributed by atoms with Crippen LogP contribution in [0.4, 0.5) is 0 Å². The molecule has 1 unspecified atom stereocenters. The Morgan fingerprint density at radius 3 is 2.43 bits per heavy atom. The molecule has 0 heterocycles. The van der Waals surface area contributed by atoms with Gasteiger partial charge in [-0.15, -0.1) is 0 Å². The maximum atomic E-state index is 9.13. The summed E-state index contributed by atoms with van der Waals surface area (Å²) in [5.74, 6) is 0. The van der Waals surface area contributed by atoms with E-state index >= 15 is 0 Å². The lowest BCUT2D eigenvalue weighted by Crippen LogP contribution is -2.47. The van der Waals surface area contributed by atoms with E-state index in [1.807, 2.05) is 12.1 Å². The minimum Gasteiger partial charge on any atom is -0.392 e. The molecule has 1 atom stereocenters.